The van der Waals surface area contributed by atoms with Crippen molar-refractivity contribution in [1.29, 1.82) is 5.26 Å². The monoisotopic (exact) mass is 351 g/mol. The van der Waals surface area contributed by atoms with Gasteiger partial charge in [0, 0.05) is 11.8 Å². The Hall–Kier alpha value is -2.60. The van der Waals surface area contributed by atoms with E-state index in [-0.39, 0.29) is 29.4 Å². The normalized spacial score (nSPS) is 15.8. The van der Waals surface area contributed by atoms with Crippen LogP contribution in [0.4, 0.5) is 0 Å². The van der Waals surface area contributed by atoms with Crippen molar-refractivity contribution in [1.82, 2.24) is 5.23 Å². The molecule has 0 aromatic carbocycles. The molecule has 9 nitrogen and oxygen atoms in total. The van der Waals surface area contributed by atoms with Gasteiger partial charge in [-0.25, -0.2) is 14.6 Å². The van der Waals surface area contributed by atoms with E-state index < -0.39 is 11.9 Å². The molecule has 1 heterocycles. The molecule has 1 aliphatic rings. The number of carbonyl (C=O) groups is 2. The quantitative estimate of drug-likeness (QED) is 0.373. The molecular formula is C16H25N5O4. The van der Waals surface area contributed by atoms with Crippen molar-refractivity contribution in [3.63, 3.8) is 0 Å². The molecule has 0 spiro atoms. The van der Waals surface area contributed by atoms with Crippen molar-refractivity contribution >= 4 is 17.9 Å². The molecule has 0 saturated carbocycles. The first-order valence-corrected chi connectivity index (χ1v) is 8.28. The van der Waals surface area contributed by atoms with Gasteiger partial charge in [-0.3, -0.25) is 9.68 Å². The number of aliphatic imine (C=N–C) groups is 1. The van der Waals surface area contributed by atoms with Gasteiger partial charge in [0.1, 0.15) is 11.6 Å². The summed E-state index contributed by atoms with van der Waals surface area (Å²) in [5, 5.41) is 9.67. The first-order chi connectivity index (χ1) is 11.9. The van der Waals surface area contributed by atoms with E-state index in [1.807, 2.05) is 13.8 Å². The smallest absolute Gasteiger partial charge is 0.364 e. The molecule has 0 radical (unpaired) electrons. The Kier molecular flexibility index (Phi) is 8.43. The number of nitrogens with zero attached hydrogens (tertiary/aromatic N) is 3. The highest BCUT2D eigenvalue weighted by atomic mass is 17.0. The van der Waals surface area contributed by atoms with E-state index in [0.717, 1.165) is 19.3 Å². The first-order valence-electron chi connectivity index (χ1n) is 8.28. The molecule has 0 saturated heterocycles. The Morgan fingerprint density at radius 3 is 2.44 bits per heavy atom. The summed E-state index contributed by atoms with van der Waals surface area (Å²) in [5.41, 5.74) is 10.7. The van der Waals surface area contributed by atoms with Gasteiger partial charge in [-0.05, 0) is 31.7 Å². The largest absolute Gasteiger partial charge is 0.378 e. The van der Waals surface area contributed by atoms with Gasteiger partial charge in [0.25, 0.3) is 5.96 Å². The second kappa shape index (κ2) is 10.3. The van der Waals surface area contributed by atoms with Crippen LogP contribution >= 0.6 is 0 Å². The van der Waals surface area contributed by atoms with E-state index in [2.05, 4.69) is 4.99 Å². The molecule has 9 heteroatoms. The maximum Gasteiger partial charge on any atom is 0.378 e. The highest BCUT2D eigenvalue weighted by Gasteiger charge is 2.33. The zero-order valence-electron chi connectivity index (χ0n) is 14.7. The van der Waals surface area contributed by atoms with Crippen LogP contribution in [0.3, 0.4) is 0 Å². The minimum Gasteiger partial charge on any atom is -0.364 e. The fourth-order valence-electron chi connectivity index (χ4n) is 2.06. The lowest BCUT2D eigenvalue weighted by molar-refractivity contribution is -0.275. The third-order valence-electron chi connectivity index (χ3n) is 3.38. The van der Waals surface area contributed by atoms with Crippen molar-refractivity contribution in [2.75, 3.05) is 13.1 Å². The average Bonchev–Trinajstić information content (AvgIpc) is 2.68. The van der Waals surface area contributed by atoms with Crippen molar-refractivity contribution in [2.45, 2.75) is 46.0 Å². The fourth-order valence-corrected chi connectivity index (χ4v) is 2.06. The molecule has 1 rings (SSSR count). The van der Waals surface area contributed by atoms with Gasteiger partial charge < -0.3 is 11.5 Å². The molecule has 138 valence electrons. The van der Waals surface area contributed by atoms with Gasteiger partial charge in [0.2, 0.25) is 0 Å². The summed E-state index contributed by atoms with van der Waals surface area (Å²) in [6.07, 6.45) is 3.47. The second-order valence-corrected chi connectivity index (χ2v) is 6.03. The number of hydrogen-bond acceptors (Lipinski definition) is 7. The van der Waals surface area contributed by atoms with Crippen LogP contribution < -0.4 is 11.5 Å². The number of hydroxylamine groups is 2. The third kappa shape index (κ3) is 6.43. The van der Waals surface area contributed by atoms with Crippen molar-refractivity contribution < 1.29 is 19.3 Å². The van der Waals surface area contributed by atoms with Crippen LogP contribution in [0, 0.1) is 17.2 Å². The van der Waals surface area contributed by atoms with Crippen molar-refractivity contribution in [2.24, 2.45) is 22.4 Å². The highest BCUT2D eigenvalue weighted by molar-refractivity contribution is 6.04. The van der Waals surface area contributed by atoms with Crippen molar-refractivity contribution in [3.05, 3.63) is 11.1 Å². The van der Waals surface area contributed by atoms with Gasteiger partial charge >= 0.3 is 11.9 Å². The Morgan fingerprint density at radius 1 is 1.20 bits per heavy atom. The van der Waals surface area contributed by atoms with Crippen LogP contribution in [0.1, 0.15) is 46.0 Å². The van der Waals surface area contributed by atoms with E-state index >= 15 is 0 Å². The fraction of sp³-hybridized carbons (Fsp3) is 0.625. The summed E-state index contributed by atoms with van der Waals surface area (Å²) in [7, 11) is 0. The molecule has 25 heavy (non-hydrogen) atoms. The summed E-state index contributed by atoms with van der Waals surface area (Å²) in [5.74, 6) is -1.89. The number of guanidine groups is 1. The zero-order chi connectivity index (χ0) is 18.8. The molecule has 0 amide bonds. The van der Waals surface area contributed by atoms with Gasteiger partial charge in [-0.15, -0.1) is 0 Å². The minimum absolute atomic E-state index is 0.0144. The zero-order valence-corrected chi connectivity index (χ0v) is 14.7. The Balaban J connectivity index is 2.85. The number of rotatable bonds is 8. The molecule has 0 atom stereocenters. The highest BCUT2D eigenvalue weighted by Crippen LogP contribution is 2.21. The lowest BCUT2D eigenvalue weighted by atomic mass is 10.0. The number of unbranched alkanes of at least 4 members (excludes halogenated alkanes) is 3. The second-order valence-electron chi connectivity index (χ2n) is 6.03. The van der Waals surface area contributed by atoms with Gasteiger partial charge in [0.05, 0.1) is 5.57 Å². The molecule has 0 fully saturated rings. The molecule has 1 aliphatic heterocycles. The van der Waals surface area contributed by atoms with Crippen LogP contribution in [0.15, 0.2) is 16.1 Å². The van der Waals surface area contributed by atoms with Gasteiger partial charge in [0.15, 0.2) is 0 Å². The Morgan fingerprint density at radius 2 is 1.84 bits per heavy atom. The van der Waals surface area contributed by atoms with Crippen LogP contribution in [0.5, 0.6) is 0 Å². The van der Waals surface area contributed by atoms with E-state index in [1.165, 1.54) is 0 Å². The first kappa shape index (κ1) is 20.4. The predicted molar refractivity (Wildman–Crippen MR) is 90.1 cm³/mol. The number of nitriles is 1. The minimum atomic E-state index is -0.993. The topological polar surface area (TPSA) is 144 Å². The maximum atomic E-state index is 12.3. The third-order valence-corrected chi connectivity index (χ3v) is 3.38. The van der Waals surface area contributed by atoms with Gasteiger partial charge in [-0.2, -0.15) is 5.26 Å². The summed E-state index contributed by atoms with van der Waals surface area (Å²) in [6, 6.07) is 1.71. The number of nitrogens with two attached hydrogens (primary N) is 2. The van der Waals surface area contributed by atoms with E-state index in [1.54, 1.807) is 6.07 Å². The summed E-state index contributed by atoms with van der Waals surface area (Å²) in [6.45, 7) is 4.82. The molecule has 0 unspecified atom stereocenters. The number of carbonyl (C=O) groups excluding carboxylic acids is 2. The summed E-state index contributed by atoms with van der Waals surface area (Å²) >= 11 is 0. The average molecular weight is 351 g/mol. The lowest BCUT2D eigenvalue weighted by Gasteiger charge is -2.17. The summed E-state index contributed by atoms with van der Waals surface area (Å²) in [4.78, 5) is 38.2. The number of hydrogen-bond donors (Lipinski definition) is 2. The van der Waals surface area contributed by atoms with Crippen LogP contribution in [-0.4, -0.2) is 36.2 Å². The van der Waals surface area contributed by atoms with Gasteiger partial charge in [-0.1, -0.05) is 26.7 Å². The maximum absolute atomic E-state index is 12.3. The summed E-state index contributed by atoms with van der Waals surface area (Å²) < 4.78 is 0. The standard InChI is InChI=1S/C16H25N5O4/c1-11(2)10-20-16(19)21-24-14(22)12(7-5-3-4-6-8-17)13(9-18)15(23)25-21/h11H,3-8,10,17H2,1-2H3,(H2,19,20). The Bertz CT molecular complexity index is 592. The SMILES string of the molecule is CC(C)CN=C(N)N1OC(=O)C(C#N)=C(CCCCCCN)C(=O)O1. The van der Waals surface area contributed by atoms with E-state index in [9.17, 15) is 14.9 Å². The predicted octanol–water partition coefficient (Wildman–Crippen LogP) is 0.918. The van der Waals surface area contributed by atoms with Crippen LogP contribution in [-0.2, 0) is 19.3 Å². The molecular weight excluding hydrogens is 326 g/mol. The molecule has 4 N–H and O–H groups in total. The molecule has 0 aliphatic carbocycles. The Labute approximate surface area is 147 Å². The molecule has 0 aromatic heterocycles. The van der Waals surface area contributed by atoms with E-state index in [0.29, 0.717) is 24.7 Å². The van der Waals surface area contributed by atoms with E-state index in [4.69, 9.17) is 21.1 Å². The van der Waals surface area contributed by atoms with Crippen LogP contribution in [0.25, 0.3) is 0 Å². The lowest BCUT2D eigenvalue weighted by Crippen LogP contribution is -2.39. The van der Waals surface area contributed by atoms with Crippen LogP contribution in [0.2, 0.25) is 0 Å². The molecule has 0 bridgehead atoms. The molecule has 0 aromatic rings. The van der Waals surface area contributed by atoms with Crippen molar-refractivity contribution in [3.8, 4) is 6.07 Å².